The number of hydrogen-bond acceptors (Lipinski definition) is 3. The number of aromatic nitrogens is 1. The topological polar surface area (TPSA) is 31.4 Å². The van der Waals surface area contributed by atoms with Gasteiger partial charge in [-0.3, -0.25) is 0 Å². The van der Waals surface area contributed by atoms with E-state index in [0.717, 1.165) is 16.5 Å². The van der Waals surface area contributed by atoms with Gasteiger partial charge in [0.2, 0.25) is 0 Å². The van der Waals surface area contributed by atoms with Crippen LogP contribution in [0.1, 0.15) is 0 Å². The summed E-state index contributed by atoms with van der Waals surface area (Å²) in [5.74, 6) is 1.41. The zero-order chi connectivity index (χ0) is 10.8. The van der Waals surface area contributed by atoms with Gasteiger partial charge in [-0.1, -0.05) is 11.6 Å². The summed E-state index contributed by atoms with van der Waals surface area (Å²) in [5, 5.41) is 2.20. The summed E-state index contributed by atoms with van der Waals surface area (Å²) in [6.45, 7) is 0. The maximum Gasteiger partial charge on any atom is 0.140 e. The number of benzene rings is 1. The Morgan fingerprint density at radius 1 is 1.20 bits per heavy atom. The third-order valence-electron chi connectivity index (χ3n) is 2.21. The molecular weight excluding hydrogens is 214 g/mol. The smallest absolute Gasteiger partial charge is 0.140 e. The lowest BCUT2D eigenvalue weighted by Crippen LogP contribution is -1.90. The molecule has 0 aliphatic rings. The van der Waals surface area contributed by atoms with E-state index < -0.39 is 0 Å². The maximum absolute atomic E-state index is 6.00. The lowest BCUT2D eigenvalue weighted by Gasteiger charge is -2.09. The maximum atomic E-state index is 6.00. The summed E-state index contributed by atoms with van der Waals surface area (Å²) in [5.41, 5.74) is 0. The predicted molar refractivity (Wildman–Crippen MR) is 59.9 cm³/mol. The first-order chi connectivity index (χ1) is 7.26. The Kier molecular flexibility index (Phi) is 2.64. The van der Waals surface area contributed by atoms with Crippen molar-refractivity contribution >= 4 is 22.4 Å². The molecule has 1 aromatic carbocycles. The minimum atomic E-state index is 0.437. The second-order valence-corrected chi connectivity index (χ2v) is 3.39. The zero-order valence-corrected chi connectivity index (χ0v) is 9.21. The molecule has 0 fully saturated rings. The number of ether oxygens (including phenoxy) is 2. The van der Waals surface area contributed by atoms with Gasteiger partial charge in [-0.05, 0) is 17.5 Å². The lowest BCUT2D eigenvalue weighted by molar-refractivity contribution is 0.398. The lowest BCUT2D eigenvalue weighted by atomic mass is 10.1. The van der Waals surface area contributed by atoms with Crippen LogP contribution in [0.2, 0.25) is 5.15 Å². The van der Waals surface area contributed by atoms with Crippen LogP contribution in [0.3, 0.4) is 0 Å². The molecule has 1 heterocycles. The molecule has 2 rings (SSSR count). The molecule has 0 saturated heterocycles. The van der Waals surface area contributed by atoms with Gasteiger partial charge in [0.1, 0.15) is 16.7 Å². The standard InChI is InChI=1S/C11H10ClNO2/c1-14-8-5-7-3-4-13-11(12)10(7)9(6-8)15-2/h3-6H,1-2H3. The van der Waals surface area contributed by atoms with Crippen LogP contribution in [0.25, 0.3) is 10.8 Å². The van der Waals surface area contributed by atoms with Gasteiger partial charge in [0.05, 0.1) is 19.6 Å². The highest BCUT2D eigenvalue weighted by molar-refractivity contribution is 6.34. The normalized spacial score (nSPS) is 10.3. The Hall–Kier alpha value is -1.48. The van der Waals surface area contributed by atoms with Gasteiger partial charge in [0.25, 0.3) is 0 Å². The molecule has 0 N–H and O–H groups in total. The molecule has 0 aliphatic heterocycles. The fraction of sp³-hybridized carbons (Fsp3) is 0.182. The molecule has 78 valence electrons. The first kappa shape index (κ1) is 10.1. The molecular formula is C11H10ClNO2. The van der Waals surface area contributed by atoms with Gasteiger partial charge < -0.3 is 9.47 Å². The summed E-state index contributed by atoms with van der Waals surface area (Å²) in [6.07, 6.45) is 1.66. The quantitative estimate of drug-likeness (QED) is 0.734. The van der Waals surface area contributed by atoms with Crippen molar-refractivity contribution in [3.63, 3.8) is 0 Å². The Balaban J connectivity index is 2.81. The van der Waals surface area contributed by atoms with E-state index in [9.17, 15) is 0 Å². The average molecular weight is 224 g/mol. The summed E-state index contributed by atoms with van der Waals surface area (Å²) in [4.78, 5) is 4.02. The number of halogens is 1. The molecule has 0 unspecified atom stereocenters. The van der Waals surface area contributed by atoms with Crippen LogP contribution in [0.4, 0.5) is 0 Å². The molecule has 4 heteroatoms. The summed E-state index contributed by atoms with van der Waals surface area (Å²) < 4.78 is 10.4. The van der Waals surface area contributed by atoms with Gasteiger partial charge in [-0.15, -0.1) is 0 Å². The number of hydrogen-bond donors (Lipinski definition) is 0. The summed E-state index contributed by atoms with van der Waals surface area (Å²) >= 11 is 6.00. The highest BCUT2D eigenvalue weighted by Gasteiger charge is 2.08. The first-order valence-corrected chi connectivity index (χ1v) is 4.80. The molecule has 0 atom stereocenters. The van der Waals surface area contributed by atoms with Gasteiger partial charge in [0, 0.05) is 12.3 Å². The molecule has 0 saturated carbocycles. The van der Waals surface area contributed by atoms with Gasteiger partial charge in [0.15, 0.2) is 0 Å². The van der Waals surface area contributed by atoms with E-state index in [1.807, 2.05) is 12.1 Å². The second kappa shape index (κ2) is 3.95. The number of fused-ring (bicyclic) bond motifs is 1. The van der Waals surface area contributed by atoms with E-state index in [2.05, 4.69) is 4.98 Å². The van der Waals surface area contributed by atoms with Crippen molar-refractivity contribution in [3.05, 3.63) is 29.5 Å². The third kappa shape index (κ3) is 1.70. The molecule has 0 radical (unpaired) electrons. The van der Waals surface area contributed by atoms with E-state index in [1.54, 1.807) is 26.5 Å². The van der Waals surface area contributed by atoms with Crippen LogP contribution < -0.4 is 9.47 Å². The van der Waals surface area contributed by atoms with Crippen molar-refractivity contribution in [3.8, 4) is 11.5 Å². The van der Waals surface area contributed by atoms with E-state index in [-0.39, 0.29) is 0 Å². The Morgan fingerprint density at radius 3 is 2.67 bits per heavy atom. The molecule has 3 nitrogen and oxygen atoms in total. The first-order valence-electron chi connectivity index (χ1n) is 4.42. The minimum absolute atomic E-state index is 0.437. The van der Waals surface area contributed by atoms with Crippen molar-refractivity contribution in [2.24, 2.45) is 0 Å². The van der Waals surface area contributed by atoms with E-state index in [4.69, 9.17) is 21.1 Å². The molecule has 0 amide bonds. The van der Waals surface area contributed by atoms with Crippen LogP contribution in [0.15, 0.2) is 24.4 Å². The van der Waals surface area contributed by atoms with E-state index in [0.29, 0.717) is 10.9 Å². The Bertz CT molecular complexity index is 499. The van der Waals surface area contributed by atoms with Crippen LogP contribution >= 0.6 is 11.6 Å². The molecule has 1 aromatic heterocycles. The van der Waals surface area contributed by atoms with Crippen molar-refractivity contribution < 1.29 is 9.47 Å². The van der Waals surface area contributed by atoms with Crippen LogP contribution in [0, 0.1) is 0 Å². The fourth-order valence-corrected chi connectivity index (χ4v) is 1.75. The molecule has 2 aromatic rings. The van der Waals surface area contributed by atoms with E-state index >= 15 is 0 Å². The van der Waals surface area contributed by atoms with Gasteiger partial charge >= 0.3 is 0 Å². The Labute approximate surface area is 92.6 Å². The van der Waals surface area contributed by atoms with Crippen LogP contribution in [0.5, 0.6) is 11.5 Å². The van der Waals surface area contributed by atoms with Crippen molar-refractivity contribution in [2.45, 2.75) is 0 Å². The van der Waals surface area contributed by atoms with Crippen molar-refractivity contribution in [1.29, 1.82) is 0 Å². The molecule has 15 heavy (non-hydrogen) atoms. The fourth-order valence-electron chi connectivity index (χ4n) is 1.49. The average Bonchev–Trinajstić information content (AvgIpc) is 2.27. The van der Waals surface area contributed by atoms with E-state index in [1.165, 1.54) is 0 Å². The summed E-state index contributed by atoms with van der Waals surface area (Å²) in [6, 6.07) is 5.55. The van der Waals surface area contributed by atoms with Gasteiger partial charge in [-0.2, -0.15) is 0 Å². The highest BCUT2D eigenvalue weighted by Crippen LogP contribution is 2.34. The predicted octanol–water partition coefficient (Wildman–Crippen LogP) is 2.91. The van der Waals surface area contributed by atoms with Crippen molar-refractivity contribution in [1.82, 2.24) is 4.98 Å². The number of pyridine rings is 1. The number of nitrogens with zero attached hydrogens (tertiary/aromatic N) is 1. The molecule has 0 spiro atoms. The minimum Gasteiger partial charge on any atom is -0.497 e. The van der Waals surface area contributed by atoms with Crippen molar-refractivity contribution in [2.75, 3.05) is 14.2 Å². The number of rotatable bonds is 2. The van der Waals surface area contributed by atoms with Crippen LogP contribution in [-0.2, 0) is 0 Å². The third-order valence-corrected chi connectivity index (χ3v) is 2.50. The second-order valence-electron chi connectivity index (χ2n) is 3.03. The highest BCUT2D eigenvalue weighted by atomic mass is 35.5. The van der Waals surface area contributed by atoms with Crippen LogP contribution in [-0.4, -0.2) is 19.2 Å². The SMILES string of the molecule is COc1cc(OC)c2c(Cl)nccc2c1. The largest absolute Gasteiger partial charge is 0.497 e. The number of methoxy groups -OCH3 is 2. The molecule has 0 bridgehead atoms. The monoisotopic (exact) mass is 223 g/mol. The zero-order valence-electron chi connectivity index (χ0n) is 8.45. The van der Waals surface area contributed by atoms with Gasteiger partial charge in [-0.25, -0.2) is 4.98 Å². The molecule has 0 aliphatic carbocycles. The summed E-state index contributed by atoms with van der Waals surface area (Å²) in [7, 11) is 3.21. The Morgan fingerprint density at radius 2 is 2.00 bits per heavy atom.